The summed E-state index contributed by atoms with van der Waals surface area (Å²) in [4.78, 5) is 1.44. The molecule has 2 nitrogen and oxygen atoms in total. The molecule has 1 atom stereocenters. The third kappa shape index (κ3) is 6.20. The van der Waals surface area contributed by atoms with E-state index in [0.717, 1.165) is 19.8 Å². The number of hydrogen-bond donors (Lipinski definition) is 1. The smallest absolute Gasteiger partial charge is 0.0591 e. The second-order valence-electron chi connectivity index (χ2n) is 4.28. The van der Waals surface area contributed by atoms with Gasteiger partial charge in [-0.2, -0.15) is 0 Å². The van der Waals surface area contributed by atoms with Gasteiger partial charge in [0.05, 0.1) is 6.61 Å². The van der Waals surface area contributed by atoms with E-state index in [9.17, 15) is 0 Å². The molecular formula is C14H25NOS. The van der Waals surface area contributed by atoms with Crippen molar-refractivity contribution in [1.29, 1.82) is 0 Å². The molecule has 1 unspecified atom stereocenters. The Balaban J connectivity index is 2.17. The van der Waals surface area contributed by atoms with E-state index in [1.165, 1.54) is 30.6 Å². The number of nitrogens with one attached hydrogen (secondary N) is 1. The molecule has 1 rings (SSSR count). The van der Waals surface area contributed by atoms with Gasteiger partial charge in [-0.1, -0.05) is 32.8 Å². The molecule has 3 heteroatoms. The Morgan fingerprint density at radius 2 is 2.18 bits per heavy atom. The first-order valence-electron chi connectivity index (χ1n) is 6.73. The predicted molar refractivity (Wildman–Crippen MR) is 75.7 cm³/mol. The van der Waals surface area contributed by atoms with Crippen LogP contribution in [0.25, 0.3) is 0 Å². The van der Waals surface area contributed by atoms with Crippen LogP contribution in [0.3, 0.4) is 0 Å². The van der Waals surface area contributed by atoms with E-state index in [1.54, 1.807) is 0 Å². The first-order valence-corrected chi connectivity index (χ1v) is 7.61. The van der Waals surface area contributed by atoms with Gasteiger partial charge in [0.25, 0.3) is 0 Å². The van der Waals surface area contributed by atoms with Gasteiger partial charge in [-0.15, -0.1) is 11.3 Å². The Hall–Kier alpha value is -0.380. The molecular weight excluding hydrogens is 230 g/mol. The molecule has 0 saturated carbocycles. The van der Waals surface area contributed by atoms with Crippen LogP contribution in [-0.4, -0.2) is 19.8 Å². The quantitative estimate of drug-likeness (QED) is 0.638. The highest BCUT2D eigenvalue weighted by molar-refractivity contribution is 7.10. The summed E-state index contributed by atoms with van der Waals surface area (Å²) < 4.78 is 5.56. The monoisotopic (exact) mass is 255 g/mol. The minimum Gasteiger partial charge on any atom is -0.380 e. The summed E-state index contributed by atoms with van der Waals surface area (Å²) in [7, 11) is 0. The summed E-state index contributed by atoms with van der Waals surface area (Å²) in [6, 6.07) is 4.85. The zero-order valence-corrected chi connectivity index (χ0v) is 11.9. The summed E-state index contributed by atoms with van der Waals surface area (Å²) in [6.07, 6.45) is 4.80. The molecule has 0 spiro atoms. The van der Waals surface area contributed by atoms with E-state index < -0.39 is 0 Å². The zero-order valence-electron chi connectivity index (χ0n) is 11.1. The van der Waals surface area contributed by atoms with Gasteiger partial charge in [-0.25, -0.2) is 0 Å². The van der Waals surface area contributed by atoms with Crippen LogP contribution in [0.1, 0.15) is 50.4 Å². The standard InChI is InChI=1S/C14H25NOS/c1-3-5-10-16-11-9-15-13(7-4-2)14-8-6-12-17-14/h6,8,12-13,15H,3-5,7,9-11H2,1-2H3. The summed E-state index contributed by atoms with van der Waals surface area (Å²) in [5.41, 5.74) is 0. The molecule has 0 bridgehead atoms. The van der Waals surface area contributed by atoms with E-state index >= 15 is 0 Å². The van der Waals surface area contributed by atoms with E-state index in [0.29, 0.717) is 6.04 Å². The van der Waals surface area contributed by atoms with Crippen molar-refractivity contribution in [3.05, 3.63) is 22.4 Å². The highest BCUT2D eigenvalue weighted by Gasteiger charge is 2.09. The number of thiophene rings is 1. The molecule has 0 aliphatic heterocycles. The molecule has 0 saturated heterocycles. The van der Waals surface area contributed by atoms with Crippen molar-refractivity contribution in [2.24, 2.45) is 0 Å². The van der Waals surface area contributed by atoms with E-state index in [-0.39, 0.29) is 0 Å². The lowest BCUT2D eigenvalue weighted by Crippen LogP contribution is -2.24. The van der Waals surface area contributed by atoms with Crippen molar-refractivity contribution < 1.29 is 4.74 Å². The van der Waals surface area contributed by atoms with Gasteiger partial charge in [0.15, 0.2) is 0 Å². The van der Waals surface area contributed by atoms with Gasteiger partial charge in [0, 0.05) is 24.1 Å². The number of hydrogen-bond acceptors (Lipinski definition) is 3. The maximum absolute atomic E-state index is 5.56. The SMILES string of the molecule is CCCCOCCNC(CCC)c1cccs1. The predicted octanol–water partition coefficient (Wildman–Crippen LogP) is 4.00. The molecule has 1 N–H and O–H groups in total. The van der Waals surface area contributed by atoms with Crippen molar-refractivity contribution in [2.75, 3.05) is 19.8 Å². The third-order valence-electron chi connectivity index (χ3n) is 2.74. The number of unbranched alkanes of at least 4 members (excludes halogenated alkanes) is 1. The van der Waals surface area contributed by atoms with Gasteiger partial charge in [0.1, 0.15) is 0 Å². The van der Waals surface area contributed by atoms with Crippen molar-refractivity contribution in [3.63, 3.8) is 0 Å². The highest BCUT2D eigenvalue weighted by atomic mass is 32.1. The summed E-state index contributed by atoms with van der Waals surface area (Å²) in [5.74, 6) is 0. The van der Waals surface area contributed by atoms with Crippen LogP contribution >= 0.6 is 11.3 Å². The average Bonchev–Trinajstić information content (AvgIpc) is 2.86. The summed E-state index contributed by atoms with van der Waals surface area (Å²) >= 11 is 1.84. The van der Waals surface area contributed by atoms with Crippen molar-refractivity contribution in [2.45, 2.75) is 45.6 Å². The highest BCUT2D eigenvalue weighted by Crippen LogP contribution is 2.22. The topological polar surface area (TPSA) is 21.3 Å². The fourth-order valence-electron chi connectivity index (χ4n) is 1.78. The van der Waals surface area contributed by atoms with Crippen molar-refractivity contribution in [1.82, 2.24) is 5.32 Å². The molecule has 1 aromatic heterocycles. The van der Waals surface area contributed by atoms with Crippen LogP contribution in [0, 0.1) is 0 Å². The molecule has 98 valence electrons. The van der Waals surface area contributed by atoms with Gasteiger partial charge < -0.3 is 10.1 Å². The van der Waals surface area contributed by atoms with Crippen LogP contribution in [0.2, 0.25) is 0 Å². The molecule has 0 radical (unpaired) electrons. The van der Waals surface area contributed by atoms with Gasteiger partial charge in [-0.05, 0) is 24.3 Å². The molecule has 0 amide bonds. The maximum atomic E-state index is 5.56. The van der Waals surface area contributed by atoms with Crippen LogP contribution in [-0.2, 0) is 4.74 Å². The summed E-state index contributed by atoms with van der Waals surface area (Å²) in [5, 5.41) is 5.74. The molecule has 0 fully saturated rings. The van der Waals surface area contributed by atoms with Crippen LogP contribution in [0.4, 0.5) is 0 Å². The van der Waals surface area contributed by atoms with E-state index in [4.69, 9.17) is 4.74 Å². The minimum absolute atomic E-state index is 0.509. The second kappa shape index (κ2) is 9.63. The maximum Gasteiger partial charge on any atom is 0.0591 e. The molecule has 1 heterocycles. The van der Waals surface area contributed by atoms with Gasteiger partial charge in [-0.3, -0.25) is 0 Å². The lowest BCUT2D eigenvalue weighted by atomic mass is 10.1. The minimum atomic E-state index is 0.509. The second-order valence-corrected chi connectivity index (χ2v) is 5.26. The first kappa shape index (κ1) is 14.7. The van der Waals surface area contributed by atoms with Crippen molar-refractivity contribution in [3.8, 4) is 0 Å². The Bertz CT molecular complexity index is 261. The fourth-order valence-corrected chi connectivity index (χ4v) is 2.61. The Kier molecular flexibility index (Phi) is 8.32. The summed E-state index contributed by atoms with van der Waals surface area (Å²) in [6.45, 7) is 7.10. The average molecular weight is 255 g/mol. The van der Waals surface area contributed by atoms with Crippen molar-refractivity contribution >= 4 is 11.3 Å². The third-order valence-corrected chi connectivity index (χ3v) is 3.73. The van der Waals surface area contributed by atoms with Crippen LogP contribution < -0.4 is 5.32 Å². The Morgan fingerprint density at radius 3 is 2.82 bits per heavy atom. The normalized spacial score (nSPS) is 12.8. The molecule has 0 aromatic carbocycles. The molecule has 0 aliphatic carbocycles. The number of rotatable bonds is 10. The lowest BCUT2D eigenvalue weighted by molar-refractivity contribution is 0.130. The lowest BCUT2D eigenvalue weighted by Gasteiger charge is -2.16. The first-order chi connectivity index (χ1) is 8.38. The van der Waals surface area contributed by atoms with Gasteiger partial charge >= 0.3 is 0 Å². The molecule has 1 aromatic rings. The van der Waals surface area contributed by atoms with Crippen LogP contribution in [0.15, 0.2) is 17.5 Å². The Labute approximate surface area is 109 Å². The van der Waals surface area contributed by atoms with E-state index in [1.807, 2.05) is 11.3 Å². The fraction of sp³-hybridized carbons (Fsp3) is 0.714. The Morgan fingerprint density at radius 1 is 1.29 bits per heavy atom. The number of ether oxygens (including phenoxy) is 1. The zero-order chi connectivity index (χ0) is 12.3. The van der Waals surface area contributed by atoms with E-state index in [2.05, 4.69) is 36.7 Å². The van der Waals surface area contributed by atoms with Crippen LogP contribution in [0.5, 0.6) is 0 Å². The largest absolute Gasteiger partial charge is 0.380 e. The van der Waals surface area contributed by atoms with Gasteiger partial charge in [0.2, 0.25) is 0 Å². The molecule has 17 heavy (non-hydrogen) atoms. The molecule has 0 aliphatic rings.